The van der Waals surface area contributed by atoms with Crippen LogP contribution in [-0.2, 0) is 9.84 Å². The summed E-state index contributed by atoms with van der Waals surface area (Å²) in [4.78, 5) is 0. The standard InChI is InChI=1S/C11H20F3NO2S/c1-18(16,17)6-5-10(15)8-3-2-4-9(7-8)11(12,13)14/h8-10H,2-7,15H2,1H3. The van der Waals surface area contributed by atoms with E-state index in [1.165, 1.54) is 0 Å². The molecule has 0 aliphatic heterocycles. The highest BCUT2D eigenvalue weighted by Crippen LogP contribution is 2.40. The van der Waals surface area contributed by atoms with Crippen molar-refractivity contribution in [3.8, 4) is 0 Å². The molecule has 7 heteroatoms. The molecule has 0 aromatic carbocycles. The van der Waals surface area contributed by atoms with Crippen molar-refractivity contribution in [3.63, 3.8) is 0 Å². The van der Waals surface area contributed by atoms with Gasteiger partial charge in [-0.3, -0.25) is 0 Å². The molecule has 3 atom stereocenters. The van der Waals surface area contributed by atoms with Gasteiger partial charge in [-0.2, -0.15) is 13.2 Å². The first-order chi connectivity index (χ1) is 8.09. The van der Waals surface area contributed by atoms with E-state index in [0.717, 1.165) is 6.26 Å². The highest BCUT2D eigenvalue weighted by atomic mass is 32.2. The van der Waals surface area contributed by atoms with E-state index in [9.17, 15) is 21.6 Å². The van der Waals surface area contributed by atoms with E-state index in [1.807, 2.05) is 0 Å². The number of sulfone groups is 1. The number of rotatable bonds is 4. The zero-order valence-electron chi connectivity index (χ0n) is 10.4. The van der Waals surface area contributed by atoms with Crippen LogP contribution in [0, 0.1) is 11.8 Å². The zero-order chi connectivity index (χ0) is 14.0. The van der Waals surface area contributed by atoms with Crippen molar-refractivity contribution in [1.82, 2.24) is 0 Å². The van der Waals surface area contributed by atoms with E-state index in [1.54, 1.807) is 0 Å². The van der Waals surface area contributed by atoms with Crippen LogP contribution in [0.4, 0.5) is 13.2 Å². The summed E-state index contributed by atoms with van der Waals surface area (Å²) in [5, 5.41) is 0. The molecule has 1 aliphatic carbocycles. The van der Waals surface area contributed by atoms with Gasteiger partial charge in [0.15, 0.2) is 0 Å². The van der Waals surface area contributed by atoms with E-state index in [2.05, 4.69) is 0 Å². The third-order valence-electron chi connectivity index (χ3n) is 3.61. The number of halogens is 3. The molecule has 0 bridgehead atoms. The van der Waals surface area contributed by atoms with Gasteiger partial charge < -0.3 is 5.73 Å². The van der Waals surface area contributed by atoms with Crippen LogP contribution < -0.4 is 5.73 Å². The summed E-state index contributed by atoms with van der Waals surface area (Å²) >= 11 is 0. The summed E-state index contributed by atoms with van der Waals surface area (Å²) in [5.74, 6) is -1.55. The third kappa shape index (κ3) is 5.14. The SMILES string of the molecule is CS(=O)(=O)CCC(N)C1CCCC(C(F)(F)F)C1. The number of nitrogens with two attached hydrogens (primary N) is 1. The predicted molar refractivity (Wildman–Crippen MR) is 63.8 cm³/mol. The maximum atomic E-state index is 12.6. The fourth-order valence-electron chi connectivity index (χ4n) is 2.50. The molecule has 1 fully saturated rings. The summed E-state index contributed by atoms with van der Waals surface area (Å²) < 4.78 is 59.9. The lowest BCUT2D eigenvalue weighted by Gasteiger charge is -2.33. The van der Waals surface area contributed by atoms with Gasteiger partial charge in [-0.1, -0.05) is 6.42 Å². The minimum Gasteiger partial charge on any atom is -0.327 e. The Morgan fingerprint density at radius 3 is 2.44 bits per heavy atom. The van der Waals surface area contributed by atoms with E-state index < -0.39 is 28.0 Å². The molecule has 1 rings (SSSR count). The molecular formula is C11H20F3NO2S. The van der Waals surface area contributed by atoms with Crippen LogP contribution in [0.2, 0.25) is 0 Å². The van der Waals surface area contributed by atoms with Crippen molar-refractivity contribution in [3.05, 3.63) is 0 Å². The van der Waals surface area contributed by atoms with Gasteiger partial charge in [0, 0.05) is 12.3 Å². The van der Waals surface area contributed by atoms with Crippen molar-refractivity contribution in [2.45, 2.75) is 44.3 Å². The zero-order valence-corrected chi connectivity index (χ0v) is 11.2. The summed E-state index contributed by atoms with van der Waals surface area (Å²) in [6.45, 7) is 0. The van der Waals surface area contributed by atoms with Gasteiger partial charge in [0.25, 0.3) is 0 Å². The molecule has 1 aliphatic rings. The molecule has 0 amide bonds. The van der Waals surface area contributed by atoms with Crippen LogP contribution in [0.1, 0.15) is 32.1 Å². The molecule has 0 aromatic rings. The van der Waals surface area contributed by atoms with Gasteiger partial charge in [-0.05, 0) is 31.6 Å². The average Bonchev–Trinajstić information content (AvgIpc) is 2.24. The smallest absolute Gasteiger partial charge is 0.327 e. The quantitative estimate of drug-likeness (QED) is 0.861. The Morgan fingerprint density at radius 1 is 1.33 bits per heavy atom. The lowest BCUT2D eigenvalue weighted by atomic mass is 9.77. The molecule has 18 heavy (non-hydrogen) atoms. The first-order valence-electron chi connectivity index (χ1n) is 6.09. The maximum absolute atomic E-state index is 12.6. The fourth-order valence-corrected chi connectivity index (χ4v) is 3.20. The molecule has 1 saturated carbocycles. The Bertz CT molecular complexity index is 367. The van der Waals surface area contributed by atoms with Crippen LogP contribution in [0.15, 0.2) is 0 Å². The largest absolute Gasteiger partial charge is 0.391 e. The van der Waals surface area contributed by atoms with Gasteiger partial charge >= 0.3 is 6.18 Å². The van der Waals surface area contributed by atoms with Gasteiger partial charge in [-0.15, -0.1) is 0 Å². The molecule has 3 unspecified atom stereocenters. The van der Waals surface area contributed by atoms with Crippen LogP contribution in [0.25, 0.3) is 0 Å². The van der Waals surface area contributed by atoms with Crippen molar-refractivity contribution < 1.29 is 21.6 Å². The second-order valence-corrected chi connectivity index (χ2v) is 7.51. The summed E-state index contributed by atoms with van der Waals surface area (Å²) in [7, 11) is -3.10. The van der Waals surface area contributed by atoms with Crippen molar-refractivity contribution in [2.24, 2.45) is 17.6 Å². The highest BCUT2D eigenvalue weighted by Gasteiger charge is 2.43. The monoisotopic (exact) mass is 287 g/mol. The summed E-state index contributed by atoms with van der Waals surface area (Å²) in [6, 6.07) is -0.454. The minimum absolute atomic E-state index is 0.0361. The molecule has 2 N–H and O–H groups in total. The number of alkyl halides is 3. The van der Waals surface area contributed by atoms with Crippen molar-refractivity contribution in [2.75, 3.05) is 12.0 Å². The van der Waals surface area contributed by atoms with E-state index in [0.29, 0.717) is 12.8 Å². The lowest BCUT2D eigenvalue weighted by Crippen LogP contribution is -2.38. The molecule has 0 spiro atoms. The van der Waals surface area contributed by atoms with Gasteiger partial charge in [0.2, 0.25) is 0 Å². The normalized spacial score (nSPS) is 28.1. The van der Waals surface area contributed by atoms with Crippen molar-refractivity contribution in [1.29, 1.82) is 0 Å². The van der Waals surface area contributed by atoms with Crippen molar-refractivity contribution >= 4 is 9.84 Å². The molecule has 108 valence electrons. The van der Waals surface area contributed by atoms with E-state index in [-0.39, 0.29) is 30.9 Å². The lowest BCUT2D eigenvalue weighted by molar-refractivity contribution is -0.186. The first kappa shape index (κ1) is 15.8. The Balaban J connectivity index is 2.51. The summed E-state index contributed by atoms with van der Waals surface area (Å²) in [5.41, 5.74) is 5.83. The second kappa shape index (κ2) is 5.77. The molecule has 0 aromatic heterocycles. The average molecular weight is 287 g/mol. The topological polar surface area (TPSA) is 60.2 Å². The Hall–Kier alpha value is -0.300. The van der Waals surface area contributed by atoms with E-state index >= 15 is 0 Å². The second-order valence-electron chi connectivity index (χ2n) is 5.25. The van der Waals surface area contributed by atoms with E-state index in [4.69, 9.17) is 5.73 Å². The molecule has 0 heterocycles. The highest BCUT2D eigenvalue weighted by molar-refractivity contribution is 7.90. The molecule has 0 radical (unpaired) electrons. The maximum Gasteiger partial charge on any atom is 0.391 e. The fraction of sp³-hybridized carbons (Fsp3) is 1.00. The van der Waals surface area contributed by atoms with Crippen LogP contribution in [-0.4, -0.2) is 32.6 Å². The predicted octanol–water partition coefficient (Wildman–Crippen LogP) is 2.12. The summed E-state index contributed by atoms with van der Waals surface area (Å²) in [6.07, 6.45) is -1.42. The first-order valence-corrected chi connectivity index (χ1v) is 8.15. The van der Waals surface area contributed by atoms with Crippen LogP contribution >= 0.6 is 0 Å². The molecule has 3 nitrogen and oxygen atoms in total. The van der Waals surface area contributed by atoms with Gasteiger partial charge in [-0.25, -0.2) is 8.42 Å². The molecular weight excluding hydrogens is 267 g/mol. The number of hydrogen-bond donors (Lipinski definition) is 1. The van der Waals surface area contributed by atoms with Gasteiger partial charge in [0.05, 0.1) is 11.7 Å². The minimum atomic E-state index is -4.16. The number of hydrogen-bond acceptors (Lipinski definition) is 3. The Labute approximate surface area is 106 Å². The van der Waals surface area contributed by atoms with Crippen LogP contribution in [0.5, 0.6) is 0 Å². The third-order valence-corrected chi connectivity index (χ3v) is 4.58. The van der Waals surface area contributed by atoms with Crippen LogP contribution in [0.3, 0.4) is 0 Å². The Kier molecular flexibility index (Phi) is 5.05. The molecule has 0 saturated heterocycles. The Morgan fingerprint density at radius 2 is 1.94 bits per heavy atom. The van der Waals surface area contributed by atoms with Gasteiger partial charge in [0.1, 0.15) is 9.84 Å².